The van der Waals surface area contributed by atoms with Crippen molar-refractivity contribution in [2.24, 2.45) is 0 Å². The zero-order valence-electron chi connectivity index (χ0n) is 9.65. The van der Waals surface area contributed by atoms with Gasteiger partial charge in [0.25, 0.3) is 5.91 Å². The first-order valence-corrected chi connectivity index (χ1v) is 6.49. The summed E-state index contributed by atoms with van der Waals surface area (Å²) in [4.78, 5) is 12.0. The summed E-state index contributed by atoms with van der Waals surface area (Å²) in [6.07, 6.45) is 0. The highest BCUT2D eigenvalue weighted by atomic mass is 79.9. The quantitative estimate of drug-likeness (QED) is 0.730. The molecule has 2 rings (SSSR count). The summed E-state index contributed by atoms with van der Waals surface area (Å²) < 4.78 is 0.523. The van der Waals surface area contributed by atoms with Gasteiger partial charge in [0.05, 0.1) is 15.2 Å². The van der Waals surface area contributed by atoms with Crippen molar-refractivity contribution in [2.75, 3.05) is 11.1 Å². The van der Waals surface area contributed by atoms with E-state index in [1.165, 1.54) is 6.07 Å². The summed E-state index contributed by atoms with van der Waals surface area (Å²) in [5.41, 5.74) is 6.88. The minimum absolute atomic E-state index is 0.00365. The van der Waals surface area contributed by atoms with Gasteiger partial charge in [-0.2, -0.15) is 0 Å². The Morgan fingerprint density at radius 2 is 2.00 bits per heavy atom. The average molecular weight is 342 g/mol. The average Bonchev–Trinajstić information content (AvgIpc) is 2.36. The number of benzene rings is 2. The Hall–Kier alpha value is -1.72. The van der Waals surface area contributed by atoms with Crippen LogP contribution in [-0.4, -0.2) is 11.0 Å². The Kier molecular flexibility index (Phi) is 3.97. The number of carbonyl (C=O) groups is 1. The molecule has 0 aliphatic carbocycles. The number of hydrogen-bond donors (Lipinski definition) is 3. The molecule has 4 nitrogen and oxygen atoms in total. The van der Waals surface area contributed by atoms with Gasteiger partial charge in [0.15, 0.2) is 0 Å². The molecule has 0 spiro atoms. The van der Waals surface area contributed by atoms with Crippen molar-refractivity contribution >= 4 is 44.8 Å². The second-order valence-electron chi connectivity index (χ2n) is 3.86. The number of rotatable bonds is 2. The van der Waals surface area contributed by atoms with Crippen LogP contribution in [0.15, 0.2) is 40.9 Å². The fourth-order valence-corrected chi connectivity index (χ4v) is 1.96. The van der Waals surface area contributed by atoms with E-state index in [0.29, 0.717) is 26.4 Å². The second-order valence-corrected chi connectivity index (χ2v) is 5.12. The highest BCUT2D eigenvalue weighted by Crippen LogP contribution is 2.27. The normalized spacial score (nSPS) is 10.2. The Morgan fingerprint density at radius 3 is 2.63 bits per heavy atom. The molecular weight excluding hydrogens is 332 g/mol. The third kappa shape index (κ3) is 3.19. The molecule has 0 aromatic heterocycles. The van der Waals surface area contributed by atoms with Crippen LogP contribution in [0.4, 0.5) is 11.4 Å². The lowest BCUT2D eigenvalue weighted by atomic mass is 10.2. The summed E-state index contributed by atoms with van der Waals surface area (Å²) in [6.45, 7) is 0. The first-order valence-electron chi connectivity index (χ1n) is 5.32. The molecular formula is C13H10BrClN2O2. The number of phenols is 1. The van der Waals surface area contributed by atoms with Gasteiger partial charge in [-0.05, 0) is 52.3 Å². The van der Waals surface area contributed by atoms with Crippen LogP contribution in [0.1, 0.15) is 10.4 Å². The van der Waals surface area contributed by atoms with Gasteiger partial charge < -0.3 is 16.2 Å². The van der Waals surface area contributed by atoms with Gasteiger partial charge in [-0.3, -0.25) is 4.79 Å². The van der Waals surface area contributed by atoms with Crippen LogP contribution in [-0.2, 0) is 0 Å². The molecule has 4 N–H and O–H groups in total. The maximum atomic E-state index is 12.0. The standard InChI is InChI=1S/C13H10BrClN2O2/c14-9-3-1-7(5-12(9)18)13(19)17-11-4-2-8(16)6-10(11)15/h1-6,18H,16H2,(H,17,19). The van der Waals surface area contributed by atoms with Crippen LogP contribution in [0.5, 0.6) is 5.75 Å². The Bertz CT molecular complexity index is 647. The molecule has 0 unspecified atom stereocenters. The first-order chi connectivity index (χ1) is 8.97. The van der Waals surface area contributed by atoms with E-state index in [2.05, 4.69) is 21.2 Å². The number of anilines is 2. The number of hydrogen-bond acceptors (Lipinski definition) is 3. The largest absolute Gasteiger partial charge is 0.507 e. The number of halogens is 2. The Labute approximate surface area is 123 Å². The van der Waals surface area contributed by atoms with Crippen LogP contribution in [0.3, 0.4) is 0 Å². The number of nitrogen functional groups attached to an aromatic ring is 1. The minimum atomic E-state index is -0.366. The molecule has 1 amide bonds. The number of carbonyl (C=O) groups excluding carboxylic acids is 1. The van der Waals surface area contributed by atoms with Crippen molar-refractivity contribution in [1.82, 2.24) is 0 Å². The summed E-state index contributed by atoms with van der Waals surface area (Å²) in [6, 6.07) is 9.36. The number of nitrogens with two attached hydrogens (primary N) is 1. The molecule has 0 radical (unpaired) electrons. The van der Waals surface area contributed by atoms with E-state index in [1.54, 1.807) is 30.3 Å². The van der Waals surface area contributed by atoms with Crippen molar-refractivity contribution < 1.29 is 9.90 Å². The SMILES string of the molecule is Nc1ccc(NC(=O)c2ccc(Br)c(O)c2)c(Cl)c1. The predicted molar refractivity (Wildman–Crippen MR) is 79.6 cm³/mol. The zero-order chi connectivity index (χ0) is 14.0. The monoisotopic (exact) mass is 340 g/mol. The summed E-state index contributed by atoms with van der Waals surface area (Å²) in [7, 11) is 0. The van der Waals surface area contributed by atoms with E-state index in [4.69, 9.17) is 17.3 Å². The first kappa shape index (κ1) is 13.7. The van der Waals surface area contributed by atoms with Gasteiger partial charge in [0.2, 0.25) is 0 Å². The van der Waals surface area contributed by atoms with Crippen molar-refractivity contribution in [3.8, 4) is 5.75 Å². The van der Waals surface area contributed by atoms with E-state index in [9.17, 15) is 9.90 Å². The second kappa shape index (κ2) is 5.50. The van der Waals surface area contributed by atoms with Crippen molar-refractivity contribution in [3.63, 3.8) is 0 Å². The van der Waals surface area contributed by atoms with Crippen LogP contribution in [0.2, 0.25) is 5.02 Å². The number of aromatic hydroxyl groups is 1. The van der Waals surface area contributed by atoms with Gasteiger partial charge >= 0.3 is 0 Å². The maximum Gasteiger partial charge on any atom is 0.255 e. The summed E-state index contributed by atoms with van der Waals surface area (Å²) in [5, 5.41) is 12.5. The molecule has 98 valence electrons. The molecule has 0 heterocycles. The molecule has 0 saturated carbocycles. The molecule has 0 saturated heterocycles. The van der Waals surface area contributed by atoms with Gasteiger partial charge in [-0.25, -0.2) is 0 Å². The molecule has 0 aliphatic heterocycles. The molecule has 2 aromatic carbocycles. The van der Waals surface area contributed by atoms with Crippen molar-refractivity contribution in [2.45, 2.75) is 0 Å². The lowest BCUT2D eigenvalue weighted by molar-refractivity contribution is 0.102. The van der Waals surface area contributed by atoms with E-state index >= 15 is 0 Å². The highest BCUT2D eigenvalue weighted by Gasteiger charge is 2.10. The molecule has 0 atom stereocenters. The summed E-state index contributed by atoms with van der Waals surface area (Å²) in [5.74, 6) is -0.370. The van der Waals surface area contributed by atoms with Gasteiger partial charge in [0.1, 0.15) is 5.75 Å². The van der Waals surface area contributed by atoms with Crippen LogP contribution in [0.25, 0.3) is 0 Å². The maximum absolute atomic E-state index is 12.0. The van der Waals surface area contributed by atoms with Gasteiger partial charge in [-0.1, -0.05) is 11.6 Å². The van der Waals surface area contributed by atoms with Crippen LogP contribution >= 0.6 is 27.5 Å². The third-order valence-corrected chi connectivity index (χ3v) is 3.43. The minimum Gasteiger partial charge on any atom is -0.507 e. The fraction of sp³-hybridized carbons (Fsp3) is 0. The third-order valence-electron chi connectivity index (χ3n) is 2.45. The Morgan fingerprint density at radius 1 is 1.26 bits per heavy atom. The zero-order valence-corrected chi connectivity index (χ0v) is 12.0. The van der Waals surface area contributed by atoms with Crippen molar-refractivity contribution in [1.29, 1.82) is 0 Å². The van der Waals surface area contributed by atoms with E-state index in [1.807, 2.05) is 0 Å². The van der Waals surface area contributed by atoms with E-state index in [-0.39, 0.29) is 11.7 Å². The topological polar surface area (TPSA) is 75.3 Å². The molecule has 0 aliphatic rings. The van der Waals surface area contributed by atoms with E-state index in [0.717, 1.165) is 0 Å². The molecule has 0 fully saturated rings. The van der Waals surface area contributed by atoms with Gasteiger partial charge in [-0.15, -0.1) is 0 Å². The smallest absolute Gasteiger partial charge is 0.255 e. The predicted octanol–water partition coefficient (Wildman–Crippen LogP) is 3.64. The molecule has 2 aromatic rings. The lowest BCUT2D eigenvalue weighted by Crippen LogP contribution is -2.12. The Balaban J connectivity index is 2.23. The number of phenolic OH excluding ortho intramolecular Hbond substituents is 1. The van der Waals surface area contributed by atoms with Crippen LogP contribution in [0, 0.1) is 0 Å². The summed E-state index contributed by atoms with van der Waals surface area (Å²) >= 11 is 9.11. The van der Waals surface area contributed by atoms with Gasteiger partial charge in [0, 0.05) is 11.3 Å². The lowest BCUT2D eigenvalue weighted by Gasteiger charge is -2.08. The number of nitrogens with one attached hydrogen (secondary N) is 1. The molecule has 19 heavy (non-hydrogen) atoms. The molecule has 6 heteroatoms. The van der Waals surface area contributed by atoms with E-state index < -0.39 is 0 Å². The van der Waals surface area contributed by atoms with Crippen LogP contribution < -0.4 is 11.1 Å². The number of amides is 1. The molecule has 0 bridgehead atoms. The highest BCUT2D eigenvalue weighted by molar-refractivity contribution is 9.10. The fourth-order valence-electron chi connectivity index (χ4n) is 1.48. The van der Waals surface area contributed by atoms with Crippen molar-refractivity contribution in [3.05, 3.63) is 51.5 Å².